The Morgan fingerprint density at radius 1 is 1.11 bits per heavy atom. The van der Waals surface area contributed by atoms with Crippen LogP contribution < -0.4 is 10.4 Å². The molecule has 2 aromatic rings. The monoisotopic (exact) mass is 418 g/mol. The van der Waals surface area contributed by atoms with Gasteiger partial charge in [-0.3, -0.25) is 4.55 Å². The number of benzene rings is 1. The fourth-order valence-electron chi connectivity index (χ4n) is 2.82. The van der Waals surface area contributed by atoms with E-state index >= 15 is 0 Å². The summed E-state index contributed by atoms with van der Waals surface area (Å²) in [4.78, 5) is 11.5. The molecule has 0 amide bonds. The predicted molar refractivity (Wildman–Crippen MR) is 92.0 cm³/mol. The minimum atomic E-state index is -4.80. The van der Waals surface area contributed by atoms with Gasteiger partial charge in [0.2, 0.25) is 6.29 Å². The molecule has 154 valence electrons. The van der Waals surface area contributed by atoms with Crippen molar-refractivity contribution in [2.45, 2.75) is 37.6 Å². The summed E-state index contributed by atoms with van der Waals surface area (Å²) in [5.41, 5.74) is 0.351. The molecule has 0 radical (unpaired) electrons. The molecular weight excluding hydrogens is 400 g/mol. The molecule has 0 bridgehead atoms. The van der Waals surface area contributed by atoms with E-state index < -0.39 is 53.3 Å². The molecule has 11 nitrogen and oxygen atoms in total. The number of ether oxygens (including phenoxy) is 2. The summed E-state index contributed by atoms with van der Waals surface area (Å²) in [6, 6.07) is 5.82. The Labute approximate surface area is 158 Å². The molecular formula is C16H18O11S. The van der Waals surface area contributed by atoms with Crippen LogP contribution in [0.1, 0.15) is 5.56 Å². The van der Waals surface area contributed by atoms with Crippen LogP contribution >= 0.6 is 0 Å². The second-order valence-electron chi connectivity index (χ2n) is 6.25. The zero-order valence-electron chi connectivity index (χ0n) is 14.5. The highest BCUT2D eigenvalue weighted by Crippen LogP contribution is 2.27. The molecule has 3 rings (SSSR count). The molecule has 0 unspecified atom stereocenters. The molecule has 1 aliphatic rings. The van der Waals surface area contributed by atoms with Gasteiger partial charge in [0.25, 0.3) is 0 Å². The Morgan fingerprint density at radius 3 is 2.50 bits per heavy atom. The van der Waals surface area contributed by atoms with Crippen molar-refractivity contribution in [1.29, 1.82) is 0 Å². The average molecular weight is 418 g/mol. The number of aryl methyl sites for hydroxylation is 1. The topological polar surface area (TPSA) is 173 Å². The first kappa shape index (κ1) is 20.7. The highest BCUT2D eigenvalue weighted by Gasteiger charge is 2.45. The summed E-state index contributed by atoms with van der Waals surface area (Å²) < 4.78 is 50.0. The normalized spacial score (nSPS) is 28.4. The van der Waals surface area contributed by atoms with Gasteiger partial charge in [0.15, 0.2) is 0 Å². The third-order valence-electron chi connectivity index (χ3n) is 4.22. The van der Waals surface area contributed by atoms with E-state index in [0.717, 1.165) is 0 Å². The van der Waals surface area contributed by atoms with Crippen LogP contribution in [0.2, 0.25) is 0 Å². The van der Waals surface area contributed by atoms with E-state index in [9.17, 15) is 28.5 Å². The zero-order chi connectivity index (χ0) is 20.6. The van der Waals surface area contributed by atoms with Gasteiger partial charge >= 0.3 is 16.0 Å². The standard InChI is InChI=1S/C16H18O11S/c1-7-4-12(17)26-10-5-8(2-3-9(7)10)25-16-15(20)14(19)13(18)11(27-16)6-24-28(21,22)23/h2-5,11,13-16,18-20H,6H2,1H3,(H,21,22,23)/t11-,13+,14+,15-,16-/m1/s1. The van der Waals surface area contributed by atoms with E-state index in [2.05, 4.69) is 4.18 Å². The molecule has 1 fully saturated rings. The Morgan fingerprint density at radius 2 is 1.82 bits per heavy atom. The van der Waals surface area contributed by atoms with Gasteiger partial charge in [0.1, 0.15) is 35.7 Å². The lowest BCUT2D eigenvalue weighted by atomic mass is 9.99. The fraction of sp³-hybridized carbons (Fsp3) is 0.438. The van der Waals surface area contributed by atoms with Gasteiger partial charge in [-0.1, -0.05) is 0 Å². The second kappa shape index (κ2) is 7.75. The molecule has 1 aromatic carbocycles. The molecule has 28 heavy (non-hydrogen) atoms. The Kier molecular flexibility index (Phi) is 5.72. The van der Waals surface area contributed by atoms with Gasteiger partial charge in [0, 0.05) is 17.5 Å². The van der Waals surface area contributed by atoms with Gasteiger partial charge in [-0.2, -0.15) is 8.42 Å². The number of hydrogen-bond acceptors (Lipinski definition) is 10. The van der Waals surface area contributed by atoms with Crippen molar-refractivity contribution in [2.75, 3.05) is 6.61 Å². The SMILES string of the molecule is Cc1cc(=O)oc2cc(O[C@@H]3O[C@H](COS(=O)(=O)O)[C@H](O)[C@H](O)[C@H]3O)ccc12. The molecule has 0 aliphatic carbocycles. The van der Waals surface area contributed by atoms with Crippen molar-refractivity contribution in [3.05, 3.63) is 40.2 Å². The van der Waals surface area contributed by atoms with Crippen LogP contribution in [0.3, 0.4) is 0 Å². The van der Waals surface area contributed by atoms with Crippen LogP contribution in [-0.4, -0.2) is 65.6 Å². The number of aliphatic hydroxyl groups excluding tert-OH is 3. The van der Waals surface area contributed by atoms with Crippen LogP contribution in [0, 0.1) is 6.92 Å². The van der Waals surface area contributed by atoms with Gasteiger partial charge in [-0.15, -0.1) is 0 Å². The molecule has 0 saturated carbocycles. The van der Waals surface area contributed by atoms with Gasteiger partial charge in [-0.25, -0.2) is 8.98 Å². The van der Waals surface area contributed by atoms with E-state index in [1.807, 2.05) is 0 Å². The Hall–Kier alpha value is -2.06. The van der Waals surface area contributed by atoms with E-state index in [0.29, 0.717) is 10.9 Å². The zero-order valence-corrected chi connectivity index (χ0v) is 15.3. The maximum Gasteiger partial charge on any atom is 0.397 e. The van der Waals surface area contributed by atoms with Crippen molar-refractivity contribution >= 4 is 21.4 Å². The van der Waals surface area contributed by atoms with E-state index in [4.69, 9.17) is 18.4 Å². The van der Waals surface area contributed by atoms with Crippen LogP contribution in [0.25, 0.3) is 11.0 Å². The first-order valence-electron chi connectivity index (χ1n) is 8.08. The summed E-state index contributed by atoms with van der Waals surface area (Å²) in [6.07, 6.45) is -8.06. The molecule has 4 N–H and O–H groups in total. The quantitative estimate of drug-likeness (QED) is 0.350. The van der Waals surface area contributed by atoms with Crippen molar-refractivity contribution < 1.29 is 46.4 Å². The number of fused-ring (bicyclic) bond motifs is 1. The first-order valence-corrected chi connectivity index (χ1v) is 9.44. The fourth-order valence-corrected chi connectivity index (χ4v) is 3.12. The third-order valence-corrected chi connectivity index (χ3v) is 4.66. The smallest absolute Gasteiger partial charge is 0.397 e. The third kappa shape index (κ3) is 4.50. The van der Waals surface area contributed by atoms with Gasteiger partial charge in [-0.05, 0) is 24.6 Å². The maximum atomic E-state index is 11.5. The van der Waals surface area contributed by atoms with Crippen LogP contribution in [0.4, 0.5) is 0 Å². The van der Waals surface area contributed by atoms with Gasteiger partial charge in [0.05, 0.1) is 6.61 Å². The summed E-state index contributed by atoms with van der Waals surface area (Å²) in [5, 5.41) is 30.6. The number of rotatable bonds is 5. The van der Waals surface area contributed by atoms with Crippen molar-refractivity contribution in [2.24, 2.45) is 0 Å². The van der Waals surface area contributed by atoms with Crippen LogP contribution in [0.5, 0.6) is 5.75 Å². The summed E-state index contributed by atoms with van der Waals surface area (Å²) >= 11 is 0. The van der Waals surface area contributed by atoms with E-state index in [1.54, 1.807) is 13.0 Å². The number of aliphatic hydroxyl groups is 3. The predicted octanol–water partition coefficient (Wildman–Crippen LogP) is -0.893. The second-order valence-corrected chi connectivity index (χ2v) is 7.34. The molecule has 1 saturated heterocycles. The largest absolute Gasteiger partial charge is 0.462 e. The maximum absolute atomic E-state index is 11.5. The van der Waals surface area contributed by atoms with Crippen molar-refractivity contribution in [3.8, 4) is 5.75 Å². The highest BCUT2D eigenvalue weighted by molar-refractivity contribution is 7.80. The average Bonchev–Trinajstić information content (AvgIpc) is 2.60. The molecule has 0 spiro atoms. The Bertz CT molecular complexity index is 1010. The lowest BCUT2D eigenvalue weighted by molar-refractivity contribution is -0.276. The molecule has 12 heteroatoms. The van der Waals surface area contributed by atoms with Gasteiger partial charge < -0.3 is 29.2 Å². The minimum Gasteiger partial charge on any atom is -0.462 e. The summed E-state index contributed by atoms with van der Waals surface area (Å²) in [5.74, 6) is 0.114. The van der Waals surface area contributed by atoms with Crippen LogP contribution in [-0.2, 0) is 19.3 Å². The van der Waals surface area contributed by atoms with Crippen LogP contribution in [0.15, 0.2) is 33.5 Å². The van der Waals surface area contributed by atoms with Crippen molar-refractivity contribution in [3.63, 3.8) is 0 Å². The molecule has 1 aliphatic heterocycles. The molecule has 1 aromatic heterocycles. The molecule has 2 heterocycles. The van der Waals surface area contributed by atoms with E-state index in [1.165, 1.54) is 18.2 Å². The lowest BCUT2D eigenvalue weighted by Gasteiger charge is -2.39. The Balaban J connectivity index is 1.81. The highest BCUT2D eigenvalue weighted by atomic mass is 32.3. The van der Waals surface area contributed by atoms with Crippen molar-refractivity contribution in [1.82, 2.24) is 0 Å². The molecule has 5 atom stereocenters. The minimum absolute atomic E-state index is 0.114. The summed E-state index contributed by atoms with van der Waals surface area (Å²) in [7, 11) is -4.80. The lowest BCUT2D eigenvalue weighted by Crippen LogP contribution is -2.60. The number of hydrogen-bond donors (Lipinski definition) is 4. The van der Waals surface area contributed by atoms with E-state index in [-0.39, 0.29) is 11.3 Å². The first-order chi connectivity index (χ1) is 13.0. The summed E-state index contributed by atoms with van der Waals surface area (Å²) in [6.45, 7) is 0.904.